The molecule has 3 aromatic rings. The Morgan fingerprint density at radius 3 is 2.50 bits per heavy atom. The van der Waals surface area contributed by atoms with E-state index >= 15 is 0 Å². The van der Waals surface area contributed by atoms with Gasteiger partial charge in [-0.25, -0.2) is 0 Å². The normalized spacial score (nSPS) is 16.0. The van der Waals surface area contributed by atoms with Crippen LogP contribution in [-0.2, 0) is 11.8 Å². The van der Waals surface area contributed by atoms with E-state index < -0.39 is 0 Å². The van der Waals surface area contributed by atoms with Crippen LogP contribution in [0, 0.1) is 0 Å². The highest BCUT2D eigenvalue weighted by atomic mass is 32.1. The van der Waals surface area contributed by atoms with Gasteiger partial charge in [0, 0.05) is 17.7 Å². The Labute approximate surface area is 145 Å². The second-order valence-electron chi connectivity index (χ2n) is 5.84. The van der Waals surface area contributed by atoms with Crippen molar-refractivity contribution in [1.29, 1.82) is 0 Å². The number of rotatable bonds is 2. The second-order valence-corrected chi connectivity index (χ2v) is 6.91. The molecule has 118 valence electrons. The number of aryl methyl sites for hydroxylation is 1. The molecule has 0 N–H and O–H groups in total. The zero-order valence-electron chi connectivity index (χ0n) is 13.7. The van der Waals surface area contributed by atoms with Crippen LogP contribution in [-0.4, -0.2) is 0 Å². The van der Waals surface area contributed by atoms with Crippen LogP contribution in [0.15, 0.2) is 78.1 Å². The third-order valence-corrected chi connectivity index (χ3v) is 5.22. The van der Waals surface area contributed by atoms with E-state index in [-0.39, 0.29) is 0 Å². The number of allylic oxidation sites excluding steroid dienone is 4. The highest BCUT2D eigenvalue weighted by Crippen LogP contribution is 2.29. The Bertz CT molecular complexity index is 993. The number of para-hydroxylation sites is 1. The lowest BCUT2D eigenvalue weighted by Gasteiger charge is -2.15. The van der Waals surface area contributed by atoms with E-state index in [0.717, 1.165) is 22.7 Å². The van der Waals surface area contributed by atoms with Crippen LogP contribution in [0.25, 0.3) is 22.1 Å². The first-order valence-electron chi connectivity index (χ1n) is 7.93. The molecule has 1 aliphatic rings. The maximum Gasteiger partial charge on any atom is 0.263 e. The summed E-state index contributed by atoms with van der Waals surface area (Å²) in [5, 5.41) is 1.22. The Morgan fingerprint density at radius 1 is 0.958 bits per heavy atom. The Morgan fingerprint density at radius 2 is 1.71 bits per heavy atom. The van der Waals surface area contributed by atoms with Crippen LogP contribution >= 0.6 is 11.3 Å². The molecule has 4 rings (SSSR count). The van der Waals surface area contributed by atoms with Crippen molar-refractivity contribution in [2.75, 3.05) is 0 Å². The van der Waals surface area contributed by atoms with Crippen molar-refractivity contribution in [3.8, 4) is 0 Å². The maximum atomic E-state index is 5.91. The molecule has 0 spiro atoms. The summed E-state index contributed by atoms with van der Waals surface area (Å²) >= 11 is 1.80. The van der Waals surface area contributed by atoms with Gasteiger partial charge in [-0.05, 0) is 30.7 Å². The van der Waals surface area contributed by atoms with Gasteiger partial charge in [0.25, 0.3) is 5.01 Å². The van der Waals surface area contributed by atoms with Crippen LogP contribution in [0.5, 0.6) is 0 Å². The summed E-state index contributed by atoms with van der Waals surface area (Å²) in [4.78, 5) is 0. The molecule has 3 heteroatoms. The molecule has 0 saturated carbocycles. The van der Waals surface area contributed by atoms with E-state index in [9.17, 15) is 0 Å². The van der Waals surface area contributed by atoms with E-state index in [4.69, 9.17) is 4.74 Å². The first-order valence-corrected chi connectivity index (χ1v) is 8.75. The molecule has 0 bridgehead atoms. The SMILES string of the molecule is CC1=C/C(=C/c2sc3ccccc3[n+]2C)C=C(c2ccccc2)O1. The first kappa shape index (κ1) is 14.9. The second kappa shape index (κ2) is 6.10. The summed E-state index contributed by atoms with van der Waals surface area (Å²) in [7, 11) is 2.11. The number of hydrogen-bond acceptors (Lipinski definition) is 2. The molecular weight excluding hydrogens is 314 g/mol. The predicted octanol–water partition coefficient (Wildman–Crippen LogP) is 5.08. The number of nitrogens with zero attached hydrogens (tertiary/aromatic N) is 1. The molecule has 0 saturated heterocycles. The van der Waals surface area contributed by atoms with Gasteiger partial charge in [-0.3, -0.25) is 0 Å². The minimum absolute atomic E-state index is 0.894. The third kappa shape index (κ3) is 2.79. The molecule has 0 amide bonds. The van der Waals surface area contributed by atoms with Gasteiger partial charge >= 0.3 is 0 Å². The molecule has 0 fully saturated rings. The van der Waals surface area contributed by atoms with E-state index in [1.54, 1.807) is 11.3 Å². The van der Waals surface area contributed by atoms with Crippen LogP contribution < -0.4 is 4.57 Å². The van der Waals surface area contributed by atoms with Gasteiger partial charge in [0.1, 0.15) is 23.3 Å². The molecule has 0 radical (unpaired) electrons. The number of ether oxygens (including phenoxy) is 1. The van der Waals surface area contributed by atoms with Crippen molar-refractivity contribution in [1.82, 2.24) is 0 Å². The number of aromatic nitrogens is 1. The monoisotopic (exact) mass is 332 g/mol. The lowest BCUT2D eigenvalue weighted by molar-refractivity contribution is -0.642. The average Bonchev–Trinajstić information content (AvgIpc) is 2.91. The quantitative estimate of drug-likeness (QED) is 0.596. The fourth-order valence-corrected chi connectivity index (χ4v) is 3.99. The van der Waals surface area contributed by atoms with Crippen LogP contribution in [0.4, 0.5) is 0 Å². The van der Waals surface area contributed by atoms with Crippen molar-refractivity contribution < 1.29 is 9.30 Å². The summed E-state index contributed by atoms with van der Waals surface area (Å²) in [6, 6.07) is 18.7. The fraction of sp³-hybridized carbons (Fsp3) is 0.0952. The standard InChI is InChI=1S/C21H18NOS/c1-15-12-16(13-19(23-15)17-8-4-3-5-9-17)14-21-22(2)18-10-6-7-11-20(18)24-21/h3-14H,1-2H3/q+1/b16-14-. The van der Waals surface area contributed by atoms with E-state index in [0.29, 0.717) is 0 Å². The molecule has 2 heterocycles. The van der Waals surface area contributed by atoms with Gasteiger partial charge in [-0.2, -0.15) is 4.57 Å². The molecule has 0 atom stereocenters. The summed E-state index contributed by atoms with van der Waals surface area (Å²) in [6.45, 7) is 1.99. The largest absolute Gasteiger partial charge is 0.461 e. The average molecular weight is 332 g/mol. The molecule has 2 aromatic carbocycles. The Balaban J connectivity index is 1.78. The Kier molecular flexibility index (Phi) is 3.79. The number of fused-ring (bicyclic) bond motifs is 1. The molecule has 1 aromatic heterocycles. The molecule has 0 aliphatic carbocycles. The smallest absolute Gasteiger partial charge is 0.263 e. The summed E-state index contributed by atoms with van der Waals surface area (Å²) in [6.07, 6.45) is 6.41. The van der Waals surface area contributed by atoms with E-state index in [1.165, 1.54) is 15.2 Å². The van der Waals surface area contributed by atoms with Crippen LogP contribution in [0.1, 0.15) is 17.5 Å². The zero-order valence-corrected chi connectivity index (χ0v) is 14.5. The highest BCUT2D eigenvalue weighted by molar-refractivity contribution is 7.18. The van der Waals surface area contributed by atoms with Crippen LogP contribution in [0.3, 0.4) is 0 Å². The molecule has 24 heavy (non-hydrogen) atoms. The molecule has 1 aliphatic heterocycles. The zero-order chi connectivity index (χ0) is 16.5. The minimum Gasteiger partial charge on any atom is -0.461 e. The van der Waals surface area contributed by atoms with Gasteiger partial charge < -0.3 is 4.74 Å². The van der Waals surface area contributed by atoms with Gasteiger partial charge in [-0.1, -0.05) is 53.8 Å². The number of thiazole rings is 1. The molecule has 0 unspecified atom stereocenters. The van der Waals surface area contributed by atoms with Crippen molar-refractivity contribution >= 4 is 33.4 Å². The maximum absolute atomic E-state index is 5.91. The van der Waals surface area contributed by atoms with Crippen molar-refractivity contribution in [3.63, 3.8) is 0 Å². The number of hydrogen-bond donors (Lipinski definition) is 0. The summed E-state index contributed by atoms with van der Waals surface area (Å²) < 4.78 is 9.44. The lowest BCUT2D eigenvalue weighted by atomic mass is 10.1. The van der Waals surface area contributed by atoms with Gasteiger partial charge in [-0.15, -0.1) is 0 Å². The molecular formula is C21H18NOS+. The summed E-state index contributed by atoms with van der Waals surface area (Å²) in [5.74, 6) is 1.80. The summed E-state index contributed by atoms with van der Waals surface area (Å²) in [5.41, 5.74) is 3.51. The minimum atomic E-state index is 0.894. The van der Waals surface area contributed by atoms with Crippen molar-refractivity contribution in [2.45, 2.75) is 6.92 Å². The predicted molar refractivity (Wildman–Crippen MR) is 100 cm³/mol. The molecule has 2 nitrogen and oxygen atoms in total. The number of benzene rings is 2. The first-order chi connectivity index (χ1) is 11.7. The van der Waals surface area contributed by atoms with Gasteiger partial charge in [0.05, 0.1) is 0 Å². The van der Waals surface area contributed by atoms with Crippen molar-refractivity contribution in [3.05, 3.63) is 88.7 Å². The fourth-order valence-electron chi connectivity index (χ4n) is 2.88. The third-order valence-electron chi connectivity index (χ3n) is 4.06. The van der Waals surface area contributed by atoms with Crippen LogP contribution in [0.2, 0.25) is 0 Å². The topological polar surface area (TPSA) is 13.1 Å². The lowest BCUT2D eigenvalue weighted by Crippen LogP contribution is -2.28. The Hall–Kier alpha value is -2.65. The van der Waals surface area contributed by atoms with E-state index in [2.05, 4.69) is 66.2 Å². The highest BCUT2D eigenvalue weighted by Gasteiger charge is 2.16. The van der Waals surface area contributed by atoms with Gasteiger partial charge in [0.15, 0.2) is 0 Å². The van der Waals surface area contributed by atoms with Gasteiger partial charge in [0.2, 0.25) is 5.52 Å². The van der Waals surface area contributed by atoms with Crippen molar-refractivity contribution in [2.24, 2.45) is 7.05 Å². The van der Waals surface area contributed by atoms with E-state index in [1.807, 2.05) is 25.1 Å².